The van der Waals surface area contributed by atoms with Crippen molar-refractivity contribution < 1.29 is 22.7 Å². The summed E-state index contributed by atoms with van der Waals surface area (Å²) in [5.74, 6) is 0.363. The predicted molar refractivity (Wildman–Crippen MR) is 124 cm³/mol. The van der Waals surface area contributed by atoms with E-state index in [1.165, 1.54) is 12.1 Å². The molecule has 2 N–H and O–H groups in total. The molecule has 174 valence electrons. The van der Waals surface area contributed by atoms with Gasteiger partial charge in [0.2, 0.25) is 0 Å². The molecule has 0 aliphatic carbocycles. The largest absolute Gasteiger partial charge is 0.497 e. The number of ether oxygens (including phenoxy) is 2. The van der Waals surface area contributed by atoms with Gasteiger partial charge in [0, 0.05) is 30.9 Å². The molecule has 0 radical (unpaired) electrons. The van der Waals surface area contributed by atoms with Gasteiger partial charge in [0.15, 0.2) is 0 Å². The summed E-state index contributed by atoms with van der Waals surface area (Å²) in [6, 6.07) is 11.2. The molecule has 1 aliphatic rings. The summed E-state index contributed by atoms with van der Waals surface area (Å²) in [6.45, 7) is 6.80. The molecule has 0 atom stereocenters. The molecule has 1 amide bonds. The number of aryl methyl sites for hydroxylation is 1. The van der Waals surface area contributed by atoms with E-state index in [-0.39, 0.29) is 10.8 Å². The number of nitrogens with one attached hydrogen (secondary N) is 2. The number of unbranched alkanes of at least 4 members (excludes halogenated alkanes) is 1. The van der Waals surface area contributed by atoms with Gasteiger partial charge in [-0.1, -0.05) is 6.07 Å². The zero-order valence-corrected chi connectivity index (χ0v) is 19.4. The number of hydrogen-bond donors (Lipinski definition) is 2. The first-order chi connectivity index (χ1) is 15.4. The number of morpholine rings is 1. The Morgan fingerprint density at radius 2 is 1.81 bits per heavy atom. The molecule has 8 nitrogen and oxygen atoms in total. The minimum Gasteiger partial charge on any atom is -0.497 e. The van der Waals surface area contributed by atoms with E-state index >= 15 is 0 Å². The van der Waals surface area contributed by atoms with Gasteiger partial charge in [-0.05, 0) is 68.3 Å². The van der Waals surface area contributed by atoms with Crippen molar-refractivity contribution in [3.8, 4) is 5.75 Å². The topological polar surface area (TPSA) is 97.0 Å². The number of carbonyl (C=O) groups is 1. The number of benzene rings is 2. The number of nitrogens with zero attached hydrogens (tertiary/aromatic N) is 1. The number of methoxy groups -OCH3 is 1. The molecular formula is C23H31N3O5S. The highest BCUT2D eigenvalue weighted by molar-refractivity contribution is 7.92. The van der Waals surface area contributed by atoms with Crippen molar-refractivity contribution in [3.63, 3.8) is 0 Å². The zero-order chi connectivity index (χ0) is 23.0. The van der Waals surface area contributed by atoms with E-state index in [0.717, 1.165) is 51.3 Å². The SMILES string of the molecule is COc1ccc(NS(=O)(=O)c2ccc(C)c(C(=O)NCCCCN3CCOCC3)c2)cc1. The third-order valence-corrected chi connectivity index (χ3v) is 6.78. The number of rotatable bonds is 10. The van der Waals surface area contributed by atoms with Gasteiger partial charge < -0.3 is 14.8 Å². The van der Waals surface area contributed by atoms with Crippen LogP contribution in [-0.2, 0) is 14.8 Å². The van der Waals surface area contributed by atoms with Crippen LogP contribution in [0.5, 0.6) is 5.75 Å². The molecule has 0 saturated carbocycles. The first-order valence-corrected chi connectivity index (χ1v) is 12.2. The van der Waals surface area contributed by atoms with E-state index in [9.17, 15) is 13.2 Å². The minimum absolute atomic E-state index is 0.0383. The first-order valence-electron chi connectivity index (χ1n) is 10.7. The smallest absolute Gasteiger partial charge is 0.261 e. The van der Waals surface area contributed by atoms with Gasteiger partial charge in [-0.25, -0.2) is 8.42 Å². The molecule has 1 aliphatic heterocycles. The Kier molecular flexibility index (Phi) is 8.49. The average Bonchev–Trinajstić information content (AvgIpc) is 2.80. The van der Waals surface area contributed by atoms with Gasteiger partial charge in [0.05, 0.1) is 25.2 Å². The van der Waals surface area contributed by atoms with Crippen molar-refractivity contribution in [1.29, 1.82) is 0 Å². The summed E-state index contributed by atoms with van der Waals surface area (Å²) in [5, 5.41) is 2.91. The maximum atomic E-state index is 12.8. The molecule has 1 saturated heterocycles. The maximum Gasteiger partial charge on any atom is 0.261 e. The Balaban J connectivity index is 1.56. The molecule has 2 aromatic rings. The van der Waals surface area contributed by atoms with Crippen LogP contribution in [0.2, 0.25) is 0 Å². The van der Waals surface area contributed by atoms with E-state index in [1.54, 1.807) is 44.4 Å². The van der Waals surface area contributed by atoms with Crippen LogP contribution in [0.15, 0.2) is 47.4 Å². The summed E-state index contributed by atoms with van der Waals surface area (Å²) in [6.07, 6.45) is 1.85. The van der Waals surface area contributed by atoms with E-state index in [1.807, 2.05) is 0 Å². The van der Waals surface area contributed by atoms with E-state index < -0.39 is 10.0 Å². The Morgan fingerprint density at radius 3 is 2.50 bits per heavy atom. The van der Waals surface area contributed by atoms with Gasteiger partial charge in [-0.2, -0.15) is 0 Å². The fraction of sp³-hybridized carbons (Fsp3) is 0.435. The van der Waals surface area contributed by atoms with Crippen molar-refractivity contribution in [2.75, 3.05) is 51.2 Å². The van der Waals surface area contributed by atoms with Gasteiger partial charge in [0.1, 0.15) is 5.75 Å². The molecule has 3 rings (SSSR count). The lowest BCUT2D eigenvalue weighted by Crippen LogP contribution is -2.37. The molecule has 32 heavy (non-hydrogen) atoms. The predicted octanol–water partition coefficient (Wildman–Crippen LogP) is 2.65. The fourth-order valence-corrected chi connectivity index (χ4v) is 4.55. The van der Waals surface area contributed by atoms with Crippen molar-refractivity contribution in [2.45, 2.75) is 24.7 Å². The van der Waals surface area contributed by atoms with Crippen LogP contribution in [0.25, 0.3) is 0 Å². The molecule has 1 fully saturated rings. The first kappa shape index (κ1) is 24.0. The number of amides is 1. The minimum atomic E-state index is -3.83. The molecule has 0 spiro atoms. The third-order valence-electron chi connectivity index (χ3n) is 5.40. The Bertz CT molecular complexity index is 1000. The lowest BCUT2D eigenvalue weighted by atomic mass is 10.1. The lowest BCUT2D eigenvalue weighted by Gasteiger charge is -2.26. The van der Waals surface area contributed by atoms with Crippen LogP contribution in [-0.4, -0.2) is 65.7 Å². The Morgan fingerprint density at radius 1 is 1.09 bits per heavy atom. The summed E-state index contributed by atoms with van der Waals surface area (Å²) in [7, 11) is -2.29. The highest BCUT2D eigenvalue weighted by atomic mass is 32.2. The van der Waals surface area contributed by atoms with E-state index in [2.05, 4.69) is 14.9 Å². The number of sulfonamides is 1. The van der Waals surface area contributed by atoms with E-state index in [0.29, 0.717) is 23.5 Å². The normalized spacial score (nSPS) is 14.7. The summed E-state index contributed by atoms with van der Waals surface area (Å²) in [5.41, 5.74) is 1.49. The quantitative estimate of drug-likeness (QED) is 0.528. The highest BCUT2D eigenvalue weighted by Crippen LogP contribution is 2.21. The monoisotopic (exact) mass is 461 g/mol. The standard InChI is InChI=1S/C23H31N3O5S/c1-18-5-10-21(32(28,29)25-19-6-8-20(30-2)9-7-19)17-22(18)23(27)24-11-3-4-12-26-13-15-31-16-14-26/h5-10,17,25H,3-4,11-16H2,1-2H3,(H,24,27). The van der Waals surface area contributed by atoms with Gasteiger partial charge in [0.25, 0.3) is 15.9 Å². The second-order valence-corrected chi connectivity index (χ2v) is 9.41. The molecule has 2 aromatic carbocycles. The number of carbonyl (C=O) groups excluding carboxylic acids is 1. The third kappa shape index (κ3) is 6.69. The number of anilines is 1. The van der Waals surface area contributed by atoms with Crippen molar-refractivity contribution >= 4 is 21.6 Å². The zero-order valence-electron chi connectivity index (χ0n) is 18.6. The van der Waals surface area contributed by atoms with Crippen LogP contribution in [0.1, 0.15) is 28.8 Å². The van der Waals surface area contributed by atoms with Crippen LogP contribution >= 0.6 is 0 Å². The van der Waals surface area contributed by atoms with Crippen LogP contribution in [0, 0.1) is 6.92 Å². The van der Waals surface area contributed by atoms with Gasteiger partial charge >= 0.3 is 0 Å². The summed E-state index contributed by atoms with van der Waals surface area (Å²) in [4.78, 5) is 15.1. The van der Waals surface area contributed by atoms with Crippen LogP contribution in [0.4, 0.5) is 5.69 Å². The fourth-order valence-electron chi connectivity index (χ4n) is 3.47. The summed E-state index contributed by atoms with van der Waals surface area (Å²) >= 11 is 0. The van der Waals surface area contributed by atoms with Crippen molar-refractivity contribution in [3.05, 3.63) is 53.6 Å². The maximum absolute atomic E-state index is 12.8. The Hall–Kier alpha value is -2.62. The lowest BCUT2D eigenvalue weighted by molar-refractivity contribution is 0.0372. The van der Waals surface area contributed by atoms with Gasteiger partial charge in [-0.3, -0.25) is 14.4 Å². The molecule has 1 heterocycles. The average molecular weight is 462 g/mol. The second kappa shape index (κ2) is 11.3. The van der Waals surface area contributed by atoms with E-state index in [4.69, 9.17) is 9.47 Å². The second-order valence-electron chi connectivity index (χ2n) is 7.73. The molecule has 9 heteroatoms. The van der Waals surface area contributed by atoms with Gasteiger partial charge in [-0.15, -0.1) is 0 Å². The van der Waals surface area contributed by atoms with Crippen molar-refractivity contribution in [1.82, 2.24) is 10.2 Å². The Labute approximate surface area is 190 Å². The molecule has 0 aromatic heterocycles. The number of hydrogen-bond acceptors (Lipinski definition) is 6. The van der Waals surface area contributed by atoms with Crippen molar-refractivity contribution in [2.24, 2.45) is 0 Å². The molecule has 0 unspecified atom stereocenters. The highest BCUT2D eigenvalue weighted by Gasteiger charge is 2.18. The van der Waals surface area contributed by atoms with Crippen LogP contribution < -0.4 is 14.8 Å². The van der Waals surface area contributed by atoms with Crippen LogP contribution in [0.3, 0.4) is 0 Å². The molecule has 0 bridgehead atoms. The molecular weight excluding hydrogens is 430 g/mol. The summed E-state index contributed by atoms with van der Waals surface area (Å²) < 4.78 is 38.6.